The zero-order valence-electron chi connectivity index (χ0n) is 23.1. The van der Waals surface area contributed by atoms with E-state index in [2.05, 4.69) is 15.0 Å². The second-order valence-corrected chi connectivity index (χ2v) is 12.5. The summed E-state index contributed by atoms with van der Waals surface area (Å²) in [6, 6.07) is 0. The topological polar surface area (TPSA) is 158 Å². The minimum absolute atomic E-state index is 0.0969. The molecule has 2 N–H and O–H groups in total. The van der Waals surface area contributed by atoms with Gasteiger partial charge in [-0.15, -0.1) is 11.3 Å². The number of rotatable bonds is 4. The van der Waals surface area contributed by atoms with Gasteiger partial charge in [0.1, 0.15) is 11.9 Å². The lowest BCUT2D eigenvalue weighted by atomic mass is 9.73. The number of ketones is 1. The van der Waals surface area contributed by atoms with Crippen molar-refractivity contribution in [2.75, 3.05) is 0 Å². The van der Waals surface area contributed by atoms with Crippen LogP contribution in [-0.2, 0) is 25.6 Å². The van der Waals surface area contributed by atoms with Crippen LogP contribution in [-0.4, -0.2) is 57.0 Å². The van der Waals surface area contributed by atoms with Gasteiger partial charge in [-0.25, -0.2) is 4.98 Å². The number of aromatic nitrogens is 1. The number of azide groups is 1. The third-order valence-corrected chi connectivity index (χ3v) is 8.98. The number of aliphatic hydroxyl groups excluding tert-OH is 2. The molecule has 0 radical (unpaired) electrons. The summed E-state index contributed by atoms with van der Waals surface area (Å²) in [5.74, 6) is -1.68. The molecule has 0 aromatic carbocycles. The highest BCUT2D eigenvalue weighted by Crippen LogP contribution is 2.45. The molecule has 2 aliphatic rings. The summed E-state index contributed by atoms with van der Waals surface area (Å²) in [5.41, 5.74) is 8.39. The minimum Gasteiger partial charge on any atom is -0.458 e. The number of esters is 1. The van der Waals surface area contributed by atoms with E-state index in [1.54, 1.807) is 20.8 Å². The fourth-order valence-electron chi connectivity index (χ4n) is 5.18. The summed E-state index contributed by atoms with van der Waals surface area (Å²) in [5, 5.41) is 27.8. The highest BCUT2D eigenvalue weighted by atomic mass is 32.1. The van der Waals surface area contributed by atoms with Crippen LogP contribution in [0.2, 0.25) is 0 Å². The first-order valence-corrected chi connectivity index (χ1v) is 14.1. The molecule has 2 fully saturated rings. The van der Waals surface area contributed by atoms with Gasteiger partial charge in [0.25, 0.3) is 0 Å². The second kappa shape index (κ2) is 12.3. The maximum atomic E-state index is 13.3. The predicted molar refractivity (Wildman–Crippen MR) is 144 cm³/mol. The molecule has 7 atom stereocenters. The second-order valence-electron chi connectivity index (χ2n) is 11.5. The molecule has 2 saturated heterocycles. The van der Waals surface area contributed by atoms with Crippen molar-refractivity contribution >= 4 is 29.2 Å². The van der Waals surface area contributed by atoms with Gasteiger partial charge in [-0.2, -0.15) is 0 Å². The molecule has 3 heterocycles. The Hall–Kier alpha value is -2.30. The van der Waals surface area contributed by atoms with Gasteiger partial charge in [-0.1, -0.05) is 39.2 Å². The molecule has 38 heavy (non-hydrogen) atoms. The minimum atomic E-state index is -1.27. The molecule has 0 spiro atoms. The summed E-state index contributed by atoms with van der Waals surface area (Å²) < 4.78 is 11.9. The van der Waals surface area contributed by atoms with Crippen molar-refractivity contribution in [3.8, 4) is 0 Å². The van der Waals surface area contributed by atoms with Gasteiger partial charge >= 0.3 is 5.97 Å². The first kappa shape index (κ1) is 30.2. The number of aliphatic hydroxyl groups is 2. The first-order valence-electron chi connectivity index (χ1n) is 13.2. The van der Waals surface area contributed by atoms with Crippen LogP contribution in [0.3, 0.4) is 0 Å². The van der Waals surface area contributed by atoms with Gasteiger partial charge in [0.05, 0.1) is 53.0 Å². The number of Topliss-reactive ketones (excluding diaryl/α,β-unsaturated/α-hetero) is 1. The zero-order chi connectivity index (χ0) is 28.3. The largest absolute Gasteiger partial charge is 0.458 e. The van der Waals surface area contributed by atoms with Crippen LogP contribution in [0.1, 0.15) is 84.3 Å². The van der Waals surface area contributed by atoms with Gasteiger partial charge in [0.15, 0.2) is 0 Å². The molecule has 0 aliphatic carbocycles. The average molecular weight is 549 g/mol. The van der Waals surface area contributed by atoms with Crippen molar-refractivity contribution in [3.05, 3.63) is 32.1 Å². The molecule has 11 heteroatoms. The molecular formula is C27H40N4O6S. The number of fused-ring (bicyclic) bond motifs is 1. The number of hydrogen-bond donors (Lipinski definition) is 2. The lowest BCUT2D eigenvalue weighted by Gasteiger charge is -2.34. The summed E-state index contributed by atoms with van der Waals surface area (Å²) in [7, 11) is 0. The Bertz CT molecular complexity index is 1100. The van der Waals surface area contributed by atoms with Crippen LogP contribution in [0.15, 0.2) is 16.1 Å². The smallest absolute Gasteiger partial charge is 0.309 e. The fraction of sp³-hybridized carbons (Fsp3) is 0.741. The number of carbonyl (C=O) groups excluding carboxylic acids is 2. The molecule has 0 saturated carbocycles. The van der Waals surface area contributed by atoms with Gasteiger partial charge in [0.2, 0.25) is 0 Å². The molecular weight excluding hydrogens is 508 g/mol. The Kier molecular flexibility index (Phi) is 9.76. The molecule has 10 nitrogen and oxygen atoms in total. The molecule has 0 bridgehead atoms. The van der Waals surface area contributed by atoms with Gasteiger partial charge < -0.3 is 19.7 Å². The van der Waals surface area contributed by atoms with Gasteiger partial charge in [0, 0.05) is 22.6 Å². The van der Waals surface area contributed by atoms with E-state index < -0.39 is 35.6 Å². The molecule has 2 aliphatic heterocycles. The highest BCUT2D eigenvalue weighted by molar-refractivity contribution is 7.09. The number of hydrogen-bond acceptors (Lipinski definition) is 9. The average Bonchev–Trinajstić information content (AvgIpc) is 3.27. The Morgan fingerprint density at radius 1 is 1.32 bits per heavy atom. The van der Waals surface area contributed by atoms with Crippen LogP contribution >= 0.6 is 11.3 Å². The van der Waals surface area contributed by atoms with E-state index >= 15 is 0 Å². The van der Waals surface area contributed by atoms with Crippen molar-refractivity contribution in [2.45, 2.75) is 110 Å². The van der Waals surface area contributed by atoms with Crippen molar-refractivity contribution in [1.29, 1.82) is 0 Å². The Morgan fingerprint density at radius 3 is 2.71 bits per heavy atom. The lowest BCUT2D eigenvalue weighted by molar-refractivity contribution is -0.154. The SMILES string of the molecule is C/C(=C\c1csc(CN=[N+]=[N-])n1)[C@@H]1CC2O[C@]2(C)CCC[C@H](C)C(O)[C@@H](C)C(=O)C(C)(C)C(O)CC(=O)O1. The number of carbonyl (C=O) groups is 2. The lowest BCUT2D eigenvalue weighted by Crippen LogP contribution is -2.45. The summed E-state index contributed by atoms with van der Waals surface area (Å²) >= 11 is 1.38. The Morgan fingerprint density at radius 2 is 2.03 bits per heavy atom. The van der Waals surface area contributed by atoms with Crippen molar-refractivity contribution in [2.24, 2.45) is 22.4 Å². The van der Waals surface area contributed by atoms with Crippen LogP contribution in [0, 0.1) is 17.3 Å². The van der Waals surface area contributed by atoms with E-state index in [-0.39, 0.29) is 36.4 Å². The third-order valence-electron chi connectivity index (χ3n) is 8.13. The number of epoxide rings is 1. The van der Waals surface area contributed by atoms with E-state index in [0.29, 0.717) is 17.1 Å². The zero-order valence-corrected chi connectivity index (χ0v) is 23.9. The molecule has 0 amide bonds. The van der Waals surface area contributed by atoms with Crippen molar-refractivity contribution in [3.63, 3.8) is 0 Å². The van der Waals surface area contributed by atoms with Gasteiger partial charge in [-0.3, -0.25) is 9.59 Å². The number of cyclic esters (lactones) is 1. The van der Waals surface area contributed by atoms with E-state index in [1.165, 1.54) is 11.3 Å². The Balaban J connectivity index is 1.85. The maximum absolute atomic E-state index is 13.3. The summed E-state index contributed by atoms with van der Waals surface area (Å²) in [4.78, 5) is 33.5. The fourth-order valence-corrected chi connectivity index (χ4v) is 5.84. The van der Waals surface area contributed by atoms with E-state index in [4.69, 9.17) is 15.0 Å². The van der Waals surface area contributed by atoms with E-state index in [9.17, 15) is 19.8 Å². The summed E-state index contributed by atoms with van der Waals surface area (Å²) in [6.07, 6.45) is 1.48. The normalized spacial score (nSPS) is 35.1. The molecule has 3 rings (SSSR count). The number of nitrogens with zero attached hydrogens (tertiary/aromatic N) is 4. The third kappa shape index (κ3) is 7.21. The molecule has 210 valence electrons. The van der Waals surface area contributed by atoms with E-state index in [0.717, 1.165) is 24.8 Å². The first-order chi connectivity index (χ1) is 17.8. The van der Waals surface area contributed by atoms with Crippen LogP contribution < -0.4 is 0 Å². The molecule has 1 aromatic heterocycles. The van der Waals surface area contributed by atoms with Crippen LogP contribution in [0.25, 0.3) is 16.5 Å². The maximum Gasteiger partial charge on any atom is 0.309 e. The monoisotopic (exact) mass is 548 g/mol. The van der Waals surface area contributed by atoms with Gasteiger partial charge in [-0.05, 0) is 49.8 Å². The van der Waals surface area contributed by atoms with Crippen LogP contribution in [0.5, 0.6) is 0 Å². The highest BCUT2D eigenvalue weighted by Gasteiger charge is 2.53. The van der Waals surface area contributed by atoms with Crippen LogP contribution in [0.4, 0.5) is 0 Å². The summed E-state index contributed by atoms with van der Waals surface area (Å²) in [6.45, 7) is 10.9. The molecule has 1 aromatic rings. The molecule has 3 unspecified atom stereocenters. The predicted octanol–water partition coefficient (Wildman–Crippen LogP) is 4.98. The quantitative estimate of drug-likeness (QED) is 0.176. The van der Waals surface area contributed by atoms with Crippen molar-refractivity contribution in [1.82, 2.24) is 4.98 Å². The number of ether oxygens (including phenoxy) is 2. The number of thiazole rings is 1. The van der Waals surface area contributed by atoms with E-state index in [1.807, 2.05) is 32.2 Å². The Labute approximate surface area is 228 Å². The standard InChI is InChI=1S/C27H40N4O6S/c1-15-8-7-9-27(6)21(37-27)11-19(16(2)10-18-14-38-22(30-18)13-29-31-28)36-23(33)12-20(32)26(4,5)25(35)17(3)24(15)34/h10,14-15,17,19-21,24,32,34H,7-9,11-13H2,1-6H3/b16-10+/t15-,17+,19-,20?,21?,24?,27+/m0/s1. The van der Waals surface area contributed by atoms with Crippen molar-refractivity contribution < 1.29 is 29.3 Å².